The highest BCUT2D eigenvalue weighted by molar-refractivity contribution is 8.00. The number of hydrogen-bond acceptors (Lipinski definition) is 6. The van der Waals surface area contributed by atoms with Crippen LogP contribution in [0.25, 0.3) is 10.8 Å². The van der Waals surface area contributed by atoms with Gasteiger partial charge in [-0.25, -0.2) is 9.29 Å². The molecule has 3 heterocycles. The van der Waals surface area contributed by atoms with Gasteiger partial charge in [-0.1, -0.05) is 77.2 Å². The van der Waals surface area contributed by atoms with E-state index in [2.05, 4.69) is 5.32 Å². The maximum absolute atomic E-state index is 13.9. The van der Waals surface area contributed by atoms with Crippen molar-refractivity contribution in [2.24, 2.45) is 5.92 Å². The molecule has 0 saturated carbocycles. The van der Waals surface area contributed by atoms with E-state index >= 15 is 0 Å². The van der Waals surface area contributed by atoms with Gasteiger partial charge in [0.2, 0.25) is 17.7 Å². The van der Waals surface area contributed by atoms with Crippen molar-refractivity contribution in [3.8, 4) is 0 Å². The average Bonchev–Trinajstić information content (AvgIpc) is 3.44. The Morgan fingerprint density at radius 3 is 2.35 bits per heavy atom. The van der Waals surface area contributed by atoms with Gasteiger partial charge in [0.05, 0.1) is 16.6 Å². The van der Waals surface area contributed by atoms with Gasteiger partial charge in [-0.15, -0.1) is 0 Å². The summed E-state index contributed by atoms with van der Waals surface area (Å²) >= 11 is 8.24. The van der Waals surface area contributed by atoms with Gasteiger partial charge in [-0.2, -0.15) is 0 Å². The number of rotatable bonds is 5. The first kappa shape index (κ1) is 27.6. The van der Waals surface area contributed by atoms with Crippen LogP contribution in [0, 0.1) is 11.7 Å². The Labute approximate surface area is 257 Å². The second kappa shape index (κ2) is 10.8. The van der Waals surface area contributed by atoms with Gasteiger partial charge >= 0.3 is 4.87 Å². The molecular weight excluding hydrogens is 609 g/mol. The van der Waals surface area contributed by atoms with Crippen LogP contribution in [-0.2, 0) is 20.9 Å². The number of nitrogens with zero attached hydrogens (tertiary/aromatic N) is 2. The molecule has 2 unspecified atom stereocenters. The molecular formula is C32H21ClFN3O4S2. The second-order valence-corrected chi connectivity index (χ2v) is 12.9. The lowest BCUT2D eigenvalue weighted by atomic mass is 9.83. The number of amides is 3. The van der Waals surface area contributed by atoms with Gasteiger partial charge in [0.1, 0.15) is 17.6 Å². The summed E-state index contributed by atoms with van der Waals surface area (Å²) in [6.07, 6.45) is 0. The summed E-state index contributed by atoms with van der Waals surface area (Å²) in [5, 5.41) is 5.00. The third kappa shape index (κ3) is 4.85. The van der Waals surface area contributed by atoms with Gasteiger partial charge in [-0.3, -0.25) is 23.7 Å². The molecule has 0 spiro atoms. The molecule has 214 valence electrons. The third-order valence-electron chi connectivity index (χ3n) is 7.70. The quantitative estimate of drug-likeness (QED) is 0.231. The van der Waals surface area contributed by atoms with Crippen molar-refractivity contribution >= 4 is 74.6 Å². The molecule has 3 amide bonds. The summed E-state index contributed by atoms with van der Waals surface area (Å²) in [4.78, 5) is 55.6. The van der Waals surface area contributed by atoms with Crippen LogP contribution in [0.5, 0.6) is 0 Å². The number of benzene rings is 4. The molecule has 1 aromatic heterocycles. The summed E-state index contributed by atoms with van der Waals surface area (Å²) in [5.41, 5.74) is 1.59. The Balaban J connectivity index is 1.26. The Bertz CT molecular complexity index is 1990. The molecule has 7 rings (SSSR count). The molecule has 1 N–H and O–H groups in total. The molecule has 0 bridgehead atoms. The van der Waals surface area contributed by atoms with Crippen molar-refractivity contribution in [3.05, 3.63) is 122 Å². The number of fused-ring (bicyclic) bond motifs is 3. The maximum atomic E-state index is 13.9. The van der Waals surface area contributed by atoms with Gasteiger partial charge in [-0.05, 0) is 64.9 Å². The Kier molecular flexibility index (Phi) is 6.92. The number of carbonyl (C=O) groups excluding carboxylic acids is 3. The monoisotopic (exact) mass is 629 g/mol. The Morgan fingerprint density at radius 2 is 1.60 bits per heavy atom. The number of anilines is 2. The molecule has 2 aliphatic heterocycles. The molecule has 3 atom stereocenters. The van der Waals surface area contributed by atoms with E-state index in [-0.39, 0.29) is 17.1 Å². The fourth-order valence-electron chi connectivity index (χ4n) is 5.74. The number of halogens is 2. The number of thiazole rings is 1. The van der Waals surface area contributed by atoms with Crippen LogP contribution in [0.3, 0.4) is 0 Å². The number of thioether (sulfide) groups is 1. The summed E-state index contributed by atoms with van der Waals surface area (Å²) in [6, 6.07) is 25.5. The molecule has 2 aliphatic rings. The first-order valence-electron chi connectivity index (χ1n) is 13.4. The zero-order chi connectivity index (χ0) is 29.8. The summed E-state index contributed by atoms with van der Waals surface area (Å²) in [7, 11) is 0. The van der Waals surface area contributed by atoms with Gasteiger partial charge in [0.15, 0.2) is 0 Å². The van der Waals surface area contributed by atoms with E-state index in [1.54, 1.807) is 30.3 Å². The zero-order valence-corrected chi connectivity index (χ0v) is 24.6. The second-order valence-electron chi connectivity index (χ2n) is 10.3. The highest BCUT2D eigenvalue weighted by Gasteiger charge is 2.56. The minimum Gasteiger partial charge on any atom is -0.325 e. The lowest BCUT2D eigenvalue weighted by Gasteiger charge is -2.30. The fraction of sp³-hybridized carbons (Fsp3) is 0.125. The maximum Gasteiger partial charge on any atom is 0.308 e. The van der Waals surface area contributed by atoms with E-state index in [4.69, 9.17) is 11.6 Å². The lowest BCUT2D eigenvalue weighted by molar-refractivity contribution is -0.122. The molecule has 4 aromatic carbocycles. The fourth-order valence-corrected chi connectivity index (χ4v) is 8.64. The SMILES string of the molecule is O=C(Cn1c2c(sc1=O)[C@H](c1ccc(Cl)cc1)C1C(=O)N(c3ccc(F)cc3)C(=O)C1S2)Nc1ccc2ccccc2c1. The molecule has 43 heavy (non-hydrogen) atoms. The first-order valence-corrected chi connectivity index (χ1v) is 15.4. The Hall–Kier alpha value is -4.25. The molecule has 1 fully saturated rings. The van der Waals surface area contributed by atoms with Crippen molar-refractivity contribution in [2.45, 2.75) is 22.7 Å². The highest BCUT2D eigenvalue weighted by atomic mass is 35.5. The number of hydrogen-bond donors (Lipinski definition) is 1. The van der Waals surface area contributed by atoms with Crippen LogP contribution in [0.4, 0.5) is 15.8 Å². The van der Waals surface area contributed by atoms with Crippen LogP contribution in [0.2, 0.25) is 5.02 Å². The largest absolute Gasteiger partial charge is 0.325 e. The van der Waals surface area contributed by atoms with Crippen LogP contribution in [0.1, 0.15) is 16.4 Å². The summed E-state index contributed by atoms with van der Waals surface area (Å²) < 4.78 is 15.0. The van der Waals surface area contributed by atoms with Crippen LogP contribution in [0.15, 0.2) is 101 Å². The van der Waals surface area contributed by atoms with E-state index in [1.807, 2.05) is 36.4 Å². The number of aromatic nitrogens is 1. The van der Waals surface area contributed by atoms with Crippen molar-refractivity contribution < 1.29 is 18.8 Å². The number of carbonyl (C=O) groups is 3. The molecule has 0 radical (unpaired) electrons. The van der Waals surface area contributed by atoms with Crippen molar-refractivity contribution in [2.75, 3.05) is 10.2 Å². The van der Waals surface area contributed by atoms with E-state index in [1.165, 1.54) is 28.8 Å². The van der Waals surface area contributed by atoms with Crippen LogP contribution in [-0.4, -0.2) is 27.5 Å². The van der Waals surface area contributed by atoms with E-state index < -0.39 is 40.6 Å². The van der Waals surface area contributed by atoms with Gasteiger partial charge in [0, 0.05) is 21.5 Å². The smallest absolute Gasteiger partial charge is 0.308 e. The van der Waals surface area contributed by atoms with Gasteiger partial charge < -0.3 is 5.32 Å². The van der Waals surface area contributed by atoms with Crippen LogP contribution < -0.4 is 15.1 Å². The van der Waals surface area contributed by atoms with Crippen molar-refractivity contribution in [1.82, 2.24) is 4.57 Å². The van der Waals surface area contributed by atoms with Crippen LogP contribution >= 0.6 is 34.7 Å². The molecule has 11 heteroatoms. The topological polar surface area (TPSA) is 88.5 Å². The molecule has 7 nitrogen and oxygen atoms in total. The molecule has 1 saturated heterocycles. The average molecular weight is 630 g/mol. The normalized spacial score (nSPS) is 19.4. The van der Waals surface area contributed by atoms with Crippen molar-refractivity contribution in [1.29, 1.82) is 0 Å². The third-order valence-corrected chi connectivity index (χ3v) is 10.6. The van der Waals surface area contributed by atoms with Gasteiger partial charge in [0.25, 0.3) is 0 Å². The van der Waals surface area contributed by atoms with E-state index in [0.717, 1.165) is 44.3 Å². The van der Waals surface area contributed by atoms with E-state index in [0.29, 0.717) is 20.6 Å². The Morgan fingerprint density at radius 1 is 0.884 bits per heavy atom. The summed E-state index contributed by atoms with van der Waals surface area (Å²) in [6.45, 7) is -0.265. The first-order chi connectivity index (χ1) is 20.8. The minimum absolute atomic E-state index is 0.265. The predicted molar refractivity (Wildman–Crippen MR) is 166 cm³/mol. The van der Waals surface area contributed by atoms with Crippen molar-refractivity contribution in [3.63, 3.8) is 0 Å². The number of nitrogens with one attached hydrogen (secondary N) is 1. The molecule has 5 aromatic rings. The molecule has 0 aliphatic carbocycles. The zero-order valence-electron chi connectivity index (χ0n) is 22.2. The lowest BCUT2D eigenvalue weighted by Crippen LogP contribution is -2.33. The standard InChI is InChI=1S/C32H21ClFN3O4S2/c33-20-8-5-18(6-9-20)25-26-27(30(40)37(29(26)39)23-13-10-21(34)11-14-23)42-31-28(25)43-32(41)36(31)16-24(38)35-22-12-7-17-3-1-2-4-19(17)15-22/h1-15,25-27H,16H2,(H,35,38)/t25-,26?,27?/m1/s1. The number of imide groups is 1. The summed E-state index contributed by atoms with van der Waals surface area (Å²) in [5.74, 6) is -3.20. The highest BCUT2D eigenvalue weighted by Crippen LogP contribution is 2.54. The minimum atomic E-state index is -0.852. The van der Waals surface area contributed by atoms with E-state index in [9.17, 15) is 23.6 Å². The predicted octanol–water partition coefficient (Wildman–Crippen LogP) is 6.29.